The van der Waals surface area contributed by atoms with Crippen molar-refractivity contribution in [2.45, 2.75) is 76.2 Å². The number of hydrogen-bond donors (Lipinski definition) is 1. The van der Waals surface area contributed by atoms with Crippen LogP contribution in [-0.2, 0) is 27.4 Å². The summed E-state index contributed by atoms with van der Waals surface area (Å²) in [5.41, 5.74) is 1.16. The molecule has 1 N–H and O–H groups in total. The van der Waals surface area contributed by atoms with Crippen molar-refractivity contribution in [3.05, 3.63) is 71.8 Å². The summed E-state index contributed by atoms with van der Waals surface area (Å²) in [4.78, 5) is 0. The van der Waals surface area contributed by atoms with Gasteiger partial charge in [-0.2, -0.15) is 0 Å². The Hall–Kier alpha value is -1.72. The number of hydrogen-bond acceptors (Lipinski definition) is 4. The molecule has 2 unspecified atom stereocenters. The summed E-state index contributed by atoms with van der Waals surface area (Å²) in [6, 6.07) is 20.3. The summed E-state index contributed by atoms with van der Waals surface area (Å²) in [5, 5.41) is 12.0. The lowest BCUT2D eigenvalue weighted by atomic mass is 9.69. The van der Waals surface area contributed by atoms with Crippen molar-refractivity contribution in [2.75, 3.05) is 6.61 Å². The van der Waals surface area contributed by atoms with Crippen LogP contribution in [0.1, 0.15) is 50.2 Å². The molecule has 2 aliphatic rings. The average molecular weight is 411 g/mol. The van der Waals surface area contributed by atoms with E-state index < -0.39 is 11.7 Å². The van der Waals surface area contributed by atoms with Crippen molar-refractivity contribution in [1.82, 2.24) is 0 Å². The van der Waals surface area contributed by atoms with Gasteiger partial charge in [0.05, 0.1) is 25.9 Å². The second-order valence-electron chi connectivity index (χ2n) is 8.75. The van der Waals surface area contributed by atoms with Crippen molar-refractivity contribution in [1.29, 1.82) is 0 Å². The Bertz CT molecular complexity index is 759. The first kappa shape index (κ1) is 21.5. The molecular weight excluding hydrogens is 376 g/mol. The van der Waals surface area contributed by atoms with E-state index in [0.717, 1.165) is 36.8 Å². The first-order chi connectivity index (χ1) is 14.7. The van der Waals surface area contributed by atoms with Crippen LogP contribution in [0.5, 0.6) is 0 Å². The summed E-state index contributed by atoms with van der Waals surface area (Å²) in [6.07, 6.45) is 4.57. The van der Waals surface area contributed by atoms with E-state index in [-0.39, 0.29) is 18.1 Å². The Morgan fingerprint density at radius 2 is 1.43 bits per heavy atom. The molecule has 30 heavy (non-hydrogen) atoms. The predicted molar refractivity (Wildman–Crippen MR) is 117 cm³/mol. The molecular formula is C26H34O4. The SMILES string of the molecule is CC1OC[C@H](OCc2ccccc2)C(OCc2ccccc2)[C@@]1(O)C1CCCCC1. The van der Waals surface area contributed by atoms with Gasteiger partial charge in [-0.3, -0.25) is 0 Å². The number of aliphatic hydroxyl groups is 1. The zero-order valence-electron chi connectivity index (χ0n) is 17.9. The number of rotatable bonds is 7. The van der Waals surface area contributed by atoms with Gasteiger partial charge in [0.15, 0.2) is 0 Å². The maximum Gasteiger partial charge on any atom is 0.122 e. The quantitative estimate of drug-likeness (QED) is 0.706. The molecule has 0 amide bonds. The van der Waals surface area contributed by atoms with Crippen LogP contribution in [-0.4, -0.2) is 35.6 Å². The molecule has 0 spiro atoms. The molecule has 0 bridgehead atoms. The van der Waals surface area contributed by atoms with Crippen LogP contribution >= 0.6 is 0 Å². The maximum absolute atomic E-state index is 12.0. The lowest BCUT2D eigenvalue weighted by molar-refractivity contribution is -0.285. The van der Waals surface area contributed by atoms with Crippen LogP contribution in [0.3, 0.4) is 0 Å². The van der Waals surface area contributed by atoms with Gasteiger partial charge < -0.3 is 19.3 Å². The van der Waals surface area contributed by atoms with Crippen LogP contribution in [0.2, 0.25) is 0 Å². The van der Waals surface area contributed by atoms with E-state index in [1.807, 2.05) is 43.3 Å². The monoisotopic (exact) mass is 410 g/mol. The highest BCUT2D eigenvalue weighted by Gasteiger charge is 2.55. The molecule has 2 aromatic carbocycles. The van der Waals surface area contributed by atoms with E-state index >= 15 is 0 Å². The van der Waals surface area contributed by atoms with Gasteiger partial charge >= 0.3 is 0 Å². The van der Waals surface area contributed by atoms with E-state index in [1.54, 1.807) is 0 Å². The van der Waals surface area contributed by atoms with Crippen LogP contribution in [0.25, 0.3) is 0 Å². The molecule has 1 aliphatic heterocycles. The van der Waals surface area contributed by atoms with E-state index in [9.17, 15) is 5.11 Å². The molecule has 1 heterocycles. The molecule has 4 rings (SSSR count). The van der Waals surface area contributed by atoms with Crippen LogP contribution in [0.4, 0.5) is 0 Å². The Morgan fingerprint density at radius 3 is 2.03 bits per heavy atom. The molecule has 2 aromatic rings. The van der Waals surface area contributed by atoms with Crippen molar-refractivity contribution in [2.24, 2.45) is 5.92 Å². The number of ether oxygens (including phenoxy) is 3. The lowest BCUT2D eigenvalue weighted by Crippen LogP contribution is -2.67. The predicted octanol–water partition coefficient (Wildman–Crippen LogP) is 4.89. The van der Waals surface area contributed by atoms with Crippen molar-refractivity contribution in [3.8, 4) is 0 Å². The Morgan fingerprint density at radius 1 is 0.867 bits per heavy atom. The van der Waals surface area contributed by atoms with Gasteiger partial charge in [-0.15, -0.1) is 0 Å². The Balaban J connectivity index is 1.55. The molecule has 4 nitrogen and oxygen atoms in total. The minimum absolute atomic E-state index is 0.171. The van der Waals surface area contributed by atoms with Gasteiger partial charge in [-0.25, -0.2) is 0 Å². The molecule has 0 radical (unpaired) electrons. The van der Waals surface area contributed by atoms with E-state index in [4.69, 9.17) is 14.2 Å². The topological polar surface area (TPSA) is 47.9 Å². The molecule has 1 saturated heterocycles. The zero-order chi connectivity index (χ0) is 20.8. The number of benzene rings is 2. The van der Waals surface area contributed by atoms with Gasteiger partial charge in [-0.1, -0.05) is 79.9 Å². The van der Waals surface area contributed by atoms with Crippen molar-refractivity contribution < 1.29 is 19.3 Å². The van der Waals surface area contributed by atoms with E-state index in [2.05, 4.69) is 24.3 Å². The van der Waals surface area contributed by atoms with Crippen LogP contribution in [0, 0.1) is 5.92 Å². The summed E-state index contributed by atoms with van der Waals surface area (Å²) in [5.74, 6) is 0.171. The molecule has 162 valence electrons. The van der Waals surface area contributed by atoms with Gasteiger partial charge in [0.25, 0.3) is 0 Å². The van der Waals surface area contributed by atoms with E-state index in [0.29, 0.717) is 19.8 Å². The van der Waals surface area contributed by atoms with Crippen molar-refractivity contribution in [3.63, 3.8) is 0 Å². The minimum atomic E-state index is -1.05. The first-order valence-electron chi connectivity index (χ1n) is 11.3. The third kappa shape index (κ3) is 4.78. The minimum Gasteiger partial charge on any atom is -0.384 e. The van der Waals surface area contributed by atoms with Gasteiger partial charge in [0.1, 0.15) is 17.8 Å². The lowest BCUT2D eigenvalue weighted by Gasteiger charge is -2.52. The normalized spacial score (nSPS) is 30.3. The highest BCUT2D eigenvalue weighted by molar-refractivity contribution is 5.15. The van der Waals surface area contributed by atoms with Gasteiger partial charge in [0.2, 0.25) is 0 Å². The standard InChI is InChI=1S/C26H34O4/c1-20-26(27,23-15-9-4-10-16-23)25(30-18-22-13-7-3-8-14-22)24(19-28-20)29-17-21-11-5-2-6-12-21/h2-3,5-8,11-14,20,23-25,27H,4,9-10,15-19H2,1H3/t20?,24-,25?,26-/m0/s1. The Labute approximate surface area is 180 Å². The van der Waals surface area contributed by atoms with Crippen molar-refractivity contribution >= 4 is 0 Å². The molecule has 1 saturated carbocycles. The van der Waals surface area contributed by atoms with Gasteiger partial charge in [-0.05, 0) is 36.8 Å². The Kier molecular flexibility index (Phi) is 7.21. The summed E-state index contributed by atoms with van der Waals surface area (Å²) < 4.78 is 18.8. The highest BCUT2D eigenvalue weighted by atomic mass is 16.6. The average Bonchev–Trinajstić information content (AvgIpc) is 2.81. The third-order valence-electron chi connectivity index (χ3n) is 6.79. The maximum atomic E-state index is 12.0. The van der Waals surface area contributed by atoms with Crippen LogP contribution < -0.4 is 0 Å². The fraction of sp³-hybridized carbons (Fsp3) is 0.538. The largest absolute Gasteiger partial charge is 0.384 e. The molecule has 0 aromatic heterocycles. The summed E-state index contributed by atoms with van der Waals surface area (Å²) >= 11 is 0. The summed E-state index contributed by atoms with van der Waals surface area (Å²) in [7, 11) is 0. The second kappa shape index (κ2) is 10.1. The smallest absolute Gasteiger partial charge is 0.122 e. The molecule has 2 fully saturated rings. The second-order valence-corrected chi connectivity index (χ2v) is 8.75. The van der Waals surface area contributed by atoms with Crippen LogP contribution in [0.15, 0.2) is 60.7 Å². The van der Waals surface area contributed by atoms with Gasteiger partial charge in [0, 0.05) is 0 Å². The summed E-state index contributed by atoms with van der Waals surface area (Å²) in [6.45, 7) is 3.36. The molecule has 4 atom stereocenters. The molecule has 4 heteroatoms. The first-order valence-corrected chi connectivity index (χ1v) is 11.3. The third-order valence-corrected chi connectivity index (χ3v) is 6.79. The zero-order valence-corrected chi connectivity index (χ0v) is 17.9. The highest BCUT2D eigenvalue weighted by Crippen LogP contribution is 2.43. The fourth-order valence-corrected chi connectivity index (χ4v) is 5.03. The fourth-order valence-electron chi connectivity index (χ4n) is 5.03. The van der Waals surface area contributed by atoms with E-state index in [1.165, 1.54) is 6.42 Å². The molecule has 1 aliphatic carbocycles.